The Bertz CT molecular complexity index is 632. The molecule has 0 spiro atoms. The van der Waals surface area contributed by atoms with Crippen molar-refractivity contribution in [1.29, 1.82) is 5.26 Å². The molecule has 0 saturated heterocycles. The first-order valence-electron chi connectivity index (χ1n) is 6.42. The topological polar surface area (TPSA) is 45.0 Å². The maximum Gasteiger partial charge on any atom is 0.174 e. The van der Waals surface area contributed by atoms with Crippen molar-refractivity contribution >= 4 is 21.6 Å². The van der Waals surface area contributed by atoms with Crippen LogP contribution < -0.4 is 10.1 Å². The third kappa shape index (κ3) is 3.96. The van der Waals surface area contributed by atoms with E-state index in [1.807, 2.05) is 25.1 Å². The van der Waals surface area contributed by atoms with E-state index in [1.165, 1.54) is 6.07 Å². The van der Waals surface area contributed by atoms with Crippen LogP contribution >= 0.6 is 15.9 Å². The zero-order valence-corrected chi connectivity index (χ0v) is 13.0. The lowest BCUT2D eigenvalue weighted by Gasteiger charge is -2.17. The molecule has 0 fully saturated rings. The monoisotopic (exact) mass is 348 g/mol. The molecule has 0 aromatic heterocycles. The van der Waals surface area contributed by atoms with Crippen LogP contribution in [0.1, 0.15) is 18.5 Å². The Kier molecular flexibility index (Phi) is 5.18. The fourth-order valence-corrected chi connectivity index (χ4v) is 2.36. The second-order valence-corrected chi connectivity index (χ2v) is 5.33. The number of hydrogen-bond acceptors (Lipinski definition) is 3. The first-order valence-corrected chi connectivity index (χ1v) is 7.21. The molecule has 1 N–H and O–H groups in total. The summed E-state index contributed by atoms with van der Waals surface area (Å²) in [4.78, 5) is 0. The molecule has 2 aromatic carbocycles. The standard InChI is InChI=1S/C16H14BrFN2O/c1-11(20-16-14(17)3-2-4-15(16)18)12-5-7-13(8-6-12)21-10-9-19/h2-8,11,20H,10H2,1H3. The average Bonchev–Trinajstić information content (AvgIpc) is 2.49. The second kappa shape index (κ2) is 7.09. The highest BCUT2D eigenvalue weighted by Gasteiger charge is 2.11. The Morgan fingerprint density at radius 2 is 2.00 bits per heavy atom. The van der Waals surface area contributed by atoms with Crippen LogP contribution in [0.25, 0.3) is 0 Å². The van der Waals surface area contributed by atoms with E-state index in [-0.39, 0.29) is 18.5 Å². The Morgan fingerprint density at radius 1 is 1.29 bits per heavy atom. The minimum absolute atomic E-state index is 0.0231. The van der Waals surface area contributed by atoms with Gasteiger partial charge in [0.15, 0.2) is 6.61 Å². The van der Waals surface area contributed by atoms with Crippen LogP contribution in [0.3, 0.4) is 0 Å². The highest BCUT2D eigenvalue weighted by atomic mass is 79.9. The molecule has 0 heterocycles. The number of nitrogens with one attached hydrogen (secondary N) is 1. The van der Waals surface area contributed by atoms with E-state index in [1.54, 1.807) is 24.3 Å². The summed E-state index contributed by atoms with van der Waals surface area (Å²) in [5, 5.41) is 11.6. The third-order valence-electron chi connectivity index (χ3n) is 3.01. The van der Waals surface area contributed by atoms with E-state index in [0.29, 0.717) is 15.9 Å². The van der Waals surface area contributed by atoms with E-state index >= 15 is 0 Å². The highest BCUT2D eigenvalue weighted by Crippen LogP contribution is 2.29. The van der Waals surface area contributed by atoms with Crippen molar-refractivity contribution in [3.63, 3.8) is 0 Å². The molecule has 2 rings (SSSR count). The Morgan fingerprint density at radius 3 is 2.62 bits per heavy atom. The lowest BCUT2D eigenvalue weighted by Crippen LogP contribution is -2.08. The normalized spacial score (nSPS) is 11.5. The summed E-state index contributed by atoms with van der Waals surface area (Å²) in [5.41, 5.74) is 1.43. The van der Waals surface area contributed by atoms with E-state index in [9.17, 15) is 4.39 Å². The largest absolute Gasteiger partial charge is 0.479 e. The summed E-state index contributed by atoms with van der Waals surface area (Å²) in [6.45, 7) is 1.97. The van der Waals surface area contributed by atoms with Gasteiger partial charge in [0, 0.05) is 10.5 Å². The molecule has 3 nitrogen and oxygen atoms in total. The van der Waals surface area contributed by atoms with Crippen LogP contribution in [0.15, 0.2) is 46.9 Å². The van der Waals surface area contributed by atoms with Gasteiger partial charge in [0.25, 0.3) is 0 Å². The Labute approximate surface area is 131 Å². The van der Waals surface area contributed by atoms with Gasteiger partial charge in [-0.3, -0.25) is 0 Å². The molecule has 2 aromatic rings. The van der Waals surface area contributed by atoms with Crippen LogP contribution in [-0.2, 0) is 0 Å². The van der Waals surface area contributed by atoms with E-state index < -0.39 is 0 Å². The zero-order valence-electron chi connectivity index (χ0n) is 11.4. The molecule has 108 valence electrons. The summed E-state index contributed by atoms with van der Waals surface area (Å²) >= 11 is 3.34. The molecule has 21 heavy (non-hydrogen) atoms. The predicted molar refractivity (Wildman–Crippen MR) is 83.7 cm³/mol. The number of nitriles is 1. The number of anilines is 1. The van der Waals surface area contributed by atoms with Gasteiger partial charge in [-0.15, -0.1) is 0 Å². The van der Waals surface area contributed by atoms with Crippen molar-refractivity contribution in [3.8, 4) is 11.8 Å². The van der Waals surface area contributed by atoms with Crippen LogP contribution in [0, 0.1) is 17.1 Å². The van der Waals surface area contributed by atoms with Gasteiger partial charge in [-0.25, -0.2) is 4.39 Å². The molecule has 1 unspecified atom stereocenters. The molecular weight excluding hydrogens is 335 g/mol. The Balaban J connectivity index is 2.10. The van der Waals surface area contributed by atoms with E-state index in [0.717, 1.165) is 5.56 Å². The lowest BCUT2D eigenvalue weighted by atomic mass is 10.1. The summed E-state index contributed by atoms with van der Waals surface area (Å²) in [6, 6.07) is 14.1. The van der Waals surface area contributed by atoms with Gasteiger partial charge in [-0.1, -0.05) is 18.2 Å². The van der Waals surface area contributed by atoms with Crippen LogP contribution in [0.4, 0.5) is 10.1 Å². The lowest BCUT2D eigenvalue weighted by molar-refractivity contribution is 0.368. The molecular formula is C16H14BrFN2O. The Hall–Kier alpha value is -2.06. The summed E-state index contributed by atoms with van der Waals surface area (Å²) in [7, 11) is 0. The SMILES string of the molecule is CC(Nc1c(F)cccc1Br)c1ccc(OCC#N)cc1. The minimum Gasteiger partial charge on any atom is -0.479 e. The van der Waals surface area contributed by atoms with Crippen LogP contribution in [0.2, 0.25) is 0 Å². The number of para-hydroxylation sites is 1. The van der Waals surface area contributed by atoms with Gasteiger partial charge in [0.05, 0.1) is 5.69 Å². The minimum atomic E-state index is -0.301. The van der Waals surface area contributed by atoms with Gasteiger partial charge in [0.1, 0.15) is 17.6 Å². The van der Waals surface area contributed by atoms with E-state index in [4.69, 9.17) is 10.00 Å². The summed E-state index contributed by atoms with van der Waals surface area (Å²) in [5.74, 6) is 0.338. The number of rotatable bonds is 5. The quantitative estimate of drug-likeness (QED) is 0.854. The molecule has 0 aliphatic rings. The fraction of sp³-hybridized carbons (Fsp3) is 0.188. The molecule has 0 radical (unpaired) electrons. The van der Waals surface area contributed by atoms with Gasteiger partial charge in [-0.2, -0.15) is 5.26 Å². The van der Waals surface area contributed by atoms with Gasteiger partial charge in [-0.05, 0) is 52.7 Å². The van der Waals surface area contributed by atoms with Crippen LogP contribution in [0.5, 0.6) is 5.75 Å². The van der Waals surface area contributed by atoms with Crippen LogP contribution in [-0.4, -0.2) is 6.61 Å². The molecule has 0 aliphatic carbocycles. The van der Waals surface area contributed by atoms with Gasteiger partial charge < -0.3 is 10.1 Å². The van der Waals surface area contributed by atoms with E-state index in [2.05, 4.69) is 21.2 Å². The molecule has 0 amide bonds. The first-order chi connectivity index (χ1) is 10.1. The first kappa shape index (κ1) is 15.3. The maximum absolute atomic E-state index is 13.8. The number of benzene rings is 2. The van der Waals surface area contributed by atoms with Crippen molar-refractivity contribution < 1.29 is 9.13 Å². The highest BCUT2D eigenvalue weighted by molar-refractivity contribution is 9.10. The molecule has 0 bridgehead atoms. The molecule has 5 heteroatoms. The molecule has 1 atom stereocenters. The fourth-order valence-electron chi connectivity index (χ4n) is 1.90. The van der Waals surface area contributed by atoms with Gasteiger partial charge in [0.2, 0.25) is 0 Å². The number of ether oxygens (including phenoxy) is 1. The van der Waals surface area contributed by atoms with Crippen molar-refractivity contribution in [3.05, 3.63) is 58.3 Å². The second-order valence-electron chi connectivity index (χ2n) is 4.48. The predicted octanol–water partition coefficient (Wildman–Crippen LogP) is 4.66. The van der Waals surface area contributed by atoms with Crippen molar-refractivity contribution in [1.82, 2.24) is 0 Å². The van der Waals surface area contributed by atoms with Crippen molar-refractivity contribution in [2.75, 3.05) is 11.9 Å². The smallest absolute Gasteiger partial charge is 0.174 e. The average molecular weight is 349 g/mol. The zero-order chi connectivity index (χ0) is 15.2. The maximum atomic E-state index is 13.8. The molecule has 0 aliphatic heterocycles. The van der Waals surface area contributed by atoms with Gasteiger partial charge >= 0.3 is 0 Å². The third-order valence-corrected chi connectivity index (χ3v) is 3.67. The summed E-state index contributed by atoms with van der Waals surface area (Å²) < 4.78 is 19.7. The van der Waals surface area contributed by atoms with Crippen molar-refractivity contribution in [2.24, 2.45) is 0 Å². The number of hydrogen-bond donors (Lipinski definition) is 1. The number of nitrogens with zero attached hydrogens (tertiary/aromatic N) is 1. The molecule has 0 saturated carbocycles. The summed E-state index contributed by atoms with van der Waals surface area (Å²) in [6.07, 6.45) is 0. The number of halogens is 2. The van der Waals surface area contributed by atoms with Crippen molar-refractivity contribution in [2.45, 2.75) is 13.0 Å².